The van der Waals surface area contributed by atoms with Gasteiger partial charge in [0.2, 0.25) is 0 Å². The molecule has 0 saturated heterocycles. The zero-order chi connectivity index (χ0) is 14.0. The van der Waals surface area contributed by atoms with Gasteiger partial charge in [-0.1, -0.05) is 26.8 Å². The van der Waals surface area contributed by atoms with Gasteiger partial charge in [-0.05, 0) is 17.7 Å². The van der Waals surface area contributed by atoms with Crippen molar-refractivity contribution in [3.8, 4) is 0 Å². The molecular weight excluding hydrogens is 248 g/mol. The van der Waals surface area contributed by atoms with Crippen LogP contribution in [-0.4, -0.2) is 12.5 Å². The lowest BCUT2D eigenvalue weighted by Gasteiger charge is -2.29. The van der Waals surface area contributed by atoms with Crippen molar-refractivity contribution in [3.05, 3.63) is 35.4 Å². The first-order chi connectivity index (χ1) is 8.13. The third kappa shape index (κ3) is 3.70. The molecule has 0 aromatic heterocycles. The number of halogens is 4. The Morgan fingerprint density at radius 3 is 2.17 bits per heavy atom. The van der Waals surface area contributed by atoms with Gasteiger partial charge >= 0.3 is 0 Å². The van der Waals surface area contributed by atoms with Gasteiger partial charge in [-0.2, -0.15) is 0 Å². The number of ether oxygens (including phenoxy) is 1. The minimum Gasteiger partial charge on any atom is -0.371 e. The fourth-order valence-corrected chi connectivity index (χ4v) is 1.14. The van der Waals surface area contributed by atoms with Crippen molar-refractivity contribution in [2.45, 2.75) is 33.3 Å². The van der Waals surface area contributed by atoms with Crippen molar-refractivity contribution in [2.24, 2.45) is 5.41 Å². The second kappa shape index (κ2) is 5.26. The van der Waals surface area contributed by atoms with Crippen molar-refractivity contribution in [1.82, 2.24) is 0 Å². The fraction of sp³-hybridized carbons (Fsp3) is 0.538. The summed E-state index contributed by atoms with van der Waals surface area (Å²) in [4.78, 5) is 0. The molecule has 0 aliphatic carbocycles. The molecule has 102 valence electrons. The van der Waals surface area contributed by atoms with E-state index in [2.05, 4.69) is 0 Å². The van der Waals surface area contributed by atoms with Gasteiger partial charge in [-0.3, -0.25) is 0 Å². The van der Waals surface area contributed by atoms with Gasteiger partial charge in [-0.25, -0.2) is 17.6 Å². The lowest BCUT2D eigenvalue weighted by Crippen LogP contribution is -2.38. The Hall–Kier alpha value is -1.10. The lowest BCUT2D eigenvalue weighted by molar-refractivity contribution is -0.149. The van der Waals surface area contributed by atoms with Crippen LogP contribution in [-0.2, 0) is 11.3 Å². The second-order valence-electron chi connectivity index (χ2n) is 5.20. The van der Waals surface area contributed by atoms with Crippen LogP contribution in [0.25, 0.3) is 0 Å². The average Bonchev–Trinajstić information content (AvgIpc) is 2.21. The zero-order valence-electron chi connectivity index (χ0n) is 10.6. The van der Waals surface area contributed by atoms with Gasteiger partial charge in [0.25, 0.3) is 5.92 Å². The van der Waals surface area contributed by atoms with E-state index in [0.29, 0.717) is 5.56 Å². The normalized spacial score (nSPS) is 12.8. The summed E-state index contributed by atoms with van der Waals surface area (Å²) in [6, 6.07) is 3.17. The highest BCUT2D eigenvalue weighted by Gasteiger charge is 2.43. The van der Waals surface area contributed by atoms with Crippen molar-refractivity contribution in [3.63, 3.8) is 0 Å². The Balaban J connectivity index is 2.54. The molecule has 0 atom stereocenters. The SMILES string of the molecule is CC(C)(C)C(F)(F)COCc1ccc(F)c(F)c1. The van der Waals surface area contributed by atoms with Gasteiger partial charge in [-0.15, -0.1) is 0 Å². The summed E-state index contributed by atoms with van der Waals surface area (Å²) in [5.74, 6) is -4.97. The molecule has 0 aliphatic rings. The third-order valence-electron chi connectivity index (χ3n) is 2.63. The maximum Gasteiger partial charge on any atom is 0.275 e. The van der Waals surface area contributed by atoms with E-state index in [-0.39, 0.29) is 6.61 Å². The molecule has 1 aromatic rings. The molecular formula is C13H16F4O. The Morgan fingerprint density at radius 1 is 1.06 bits per heavy atom. The van der Waals surface area contributed by atoms with Crippen LogP contribution in [0.15, 0.2) is 18.2 Å². The summed E-state index contributed by atoms with van der Waals surface area (Å²) >= 11 is 0. The molecule has 18 heavy (non-hydrogen) atoms. The molecule has 0 radical (unpaired) electrons. The predicted molar refractivity (Wildman–Crippen MR) is 60.4 cm³/mol. The molecule has 0 bridgehead atoms. The largest absolute Gasteiger partial charge is 0.371 e. The summed E-state index contributed by atoms with van der Waals surface area (Å²) in [5.41, 5.74) is -0.889. The highest BCUT2D eigenvalue weighted by molar-refractivity contribution is 5.16. The summed E-state index contributed by atoms with van der Waals surface area (Å²) < 4.78 is 57.4. The number of alkyl halides is 2. The molecule has 0 spiro atoms. The van der Waals surface area contributed by atoms with Crippen LogP contribution in [0.2, 0.25) is 0 Å². The maximum atomic E-state index is 13.5. The minimum atomic E-state index is -2.98. The first-order valence-electron chi connectivity index (χ1n) is 5.53. The Kier molecular flexibility index (Phi) is 4.37. The molecule has 5 heteroatoms. The van der Waals surface area contributed by atoms with Crippen LogP contribution in [0.5, 0.6) is 0 Å². The first-order valence-corrected chi connectivity index (χ1v) is 5.53. The van der Waals surface area contributed by atoms with E-state index < -0.39 is 29.6 Å². The zero-order valence-corrected chi connectivity index (χ0v) is 10.6. The van der Waals surface area contributed by atoms with E-state index in [1.807, 2.05) is 0 Å². The number of rotatable bonds is 4. The number of benzene rings is 1. The van der Waals surface area contributed by atoms with E-state index in [0.717, 1.165) is 12.1 Å². The first kappa shape index (κ1) is 15.0. The van der Waals surface area contributed by atoms with E-state index in [1.165, 1.54) is 26.8 Å². The minimum absolute atomic E-state index is 0.178. The summed E-state index contributed by atoms with van der Waals surface area (Å²) in [6.07, 6.45) is 0. The Morgan fingerprint density at radius 2 is 1.67 bits per heavy atom. The Labute approximate surface area is 104 Å². The predicted octanol–water partition coefficient (Wildman–Crippen LogP) is 4.16. The second-order valence-corrected chi connectivity index (χ2v) is 5.20. The molecule has 1 rings (SSSR count). The van der Waals surface area contributed by atoms with Crippen LogP contribution in [0, 0.1) is 17.0 Å². The van der Waals surface area contributed by atoms with Gasteiger partial charge in [0.05, 0.1) is 6.61 Å². The van der Waals surface area contributed by atoms with E-state index in [9.17, 15) is 17.6 Å². The van der Waals surface area contributed by atoms with Gasteiger partial charge in [0, 0.05) is 5.41 Å². The summed E-state index contributed by atoms with van der Waals surface area (Å²) in [6.45, 7) is 3.30. The molecule has 1 nitrogen and oxygen atoms in total. The van der Waals surface area contributed by atoms with Crippen LogP contribution >= 0.6 is 0 Å². The van der Waals surface area contributed by atoms with Crippen LogP contribution in [0.4, 0.5) is 17.6 Å². The smallest absolute Gasteiger partial charge is 0.275 e. The molecule has 1 aromatic carbocycles. The van der Waals surface area contributed by atoms with Crippen molar-refractivity contribution < 1.29 is 22.3 Å². The molecule has 0 heterocycles. The van der Waals surface area contributed by atoms with E-state index in [4.69, 9.17) is 4.74 Å². The summed E-state index contributed by atoms with van der Waals surface area (Å²) in [7, 11) is 0. The van der Waals surface area contributed by atoms with Crippen molar-refractivity contribution >= 4 is 0 Å². The van der Waals surface area contributed by atoms with E-state index >= 15 is 0 Å². The molecule has 0 amide bonds. The van der Waals surface area contributed by atoms with Crippen molar-refractivity contribution in [1.29, 1.82) is 0 Å². The Bertz CT molecular complexity index is 410. The molecule has 0 fully saturated rings. The highest BCUT2D eigenvalue weighted by atomic mass is 19.3. The summed E-state index contributed by atoms with van der Waals surface area (Å²) in [5, 5.41) is 0. The van der Waals surface area contributed by atoms with Crippen LogP contribution < -0.4 is 0 Å². The number of hydrogen-bond acceptors (Lipinski definition) is 1. The van der Waals surface area contributed by atoms with Gasteiger partial charge in [0.15, 0.2) is 11.6 Å². The lowest BCUT2D eigenvalue weighted by atomic mass is 9.88. The van der Waals surface area contributed by atoms with Crippen LogP contribution in [0.1, 0.15) is 26.3 Å². The monoisotopic (exact) mass is 264 g/mol. The van der Waals surface area contributed by atoms with Crippen LogP contribution in [0.3, 0.4) is 0 Å². The van der Waals surface area contributed by atoms with E-state index in [1.54, 1.807) is 0 Å². The van der Waals surface area contributed by atoms with Crippen molar-refractivity contribution in [2.75, 3.05) is 6.61 Å². The number of hydrogen-bond donors (Lipinski definition) is 0. The fourth-order valence-electron chi connectivity index (χ4n) is 1.14. The van der Waals surface area contributed by atoms with Gasteiger partial charge in [0.1, 0.15) is 6.61 Å². The molecule has 0 unspecified atom stereocenters. The third-order valence-corrected chi connectivity index (χ3v) is 2.63. The average molecular weight is 264 g/mol. The quantitative estimate of drug-likeness (QED) is 0.742. The standard InChI is InChI=1S/C13H16F4O/c1-12(2,3)13(16,17)8-18-7-9-4-5-10(14)11(15)6-9/h4-6H,7-8H2,1-3H3. The maximum absolute atomic E-state index is 13.5. The molecule has 0 N–H and O–H groups in total. The molecule has 0 saturated carbocycles. The molecule has 0 aliphatic heterocycles. The highest BCUT2D eigenvalue weighted by Crippen LogP contribution is 2.35. The van der Waals surface area contributed by atoms with Gasteiger partial charge < -0.3 is 4.74 Å². The topological polar surface area (TPSA) is 9.23 Å².